The zero-order valence-electron chi connectivity index (χ0n) is 9.21. The van der Waals surface area contributed by atoms with Crippen LogP contribution >= 0.6 is 0 Å². The van der Waals surface area contributed by atoms with E-state index in [4.69, 9.17) is 10.8 Å². The number of primary amides is 1. The lowest BCUT2D eigenvalue weighted by atomic mass is 10.3. The van der Waals surface area contributed by atoms with Gasteiger partial charge < -0.3 is 10.8 Å². The smallest absolute Gasteiger partial charge is 0.318 e. The van der Waals surface area contributed by atoms with Crippen LogP contribution in [0.15, 0.2) is 0 Å². The number of hydrogen-bond acceptors (Lipinski definition) is 4. The molecule has 0 saturated heterocycles. The third kappa shape index (κ3) is 5.66. The van der Waals surface area contributed by atoms with Crippen molar-refractivity contribution >= 4 is 21.9 Å². The van der Waals surface area contributed by atoms with Crippen LogP contribution < -0.4 is 5.73 Å². The molecule has 16 heavy (non-hydrogen) atoms. The average Bonchev–Trinajstić information content (AvgIpc) is 1.98. The number of nitrogens with two attached hydrogens (primary N) is 1. The number of sulfonamides is 1. The number of carbonyl (C=O) groups excluding carboxylic acids is 1. The highest BCUT2D eigenvalue weighted by Crippen LogP contribution is 2.06. The van der Waals surface area contributed by atoms with Crippen LogP contribution in [0.2, 0.25) is 0 Å². The molecule has 94 valence electrons. The van der Waals surface area contributed by atoms with Gasteiger partial charge in [0, 0.05) is 0 Å². The number of rotatable bonds is 7. The standard InChI is InChI=1S/C8H16N2O5S/c1-6(2)5-16(14,15)10(3-7(9)11)4-8(12)13/h6H,3-5H2,1-2H3,(H2,9,11)(H,12,13). The SMILES string of the molecule is CC(C)CS(=O)(=O)N(CC(N)=O)CC(=O)O. The van der Waals surface area contributed by atoms with Crippen LogP contribution in [0.25, 0.3) is 0 Å². The fraction of sp³-hybridized carbons (Fsp3) is 0.750. The van der Waals surface area contributed by atoms with Gasteiger partial charge in [0.25, 0.3) is 0 Å². The van der Waals surface area contributed by atoms with Crippen LogP contribution in [0.1, 0.15) is 13.8 Å². The molecule has 1 amide bonds. The van der Waals surface area contributed by atoms with Crippen LogP contribution in [0, 0.1) is 5.92 Å². The molecule has 0 aliphatic heterocycles. The first kappa shape index (κ1) is 14.8. The summed E-state index contributed by atoms with van der Waals surface area (Å²) in [5.74, 6) is -2.58. The molecule has 0 fully saturated rings. The maximum Gasteiger partial charge on any atom is 0.318 e. The molecule has 0 heterocycles. The molecule has 0 spiro atoms. The van der Waals surface area contributed by atoms with Crippen molar-refractivity contribution in [3.05, 3.63) is 0 Å². The Hall–Kier alpha value is -1.15. The van der Waals surface area contributed by atoms with Gasteiger partial charge in [-0.25, -0.2) is 8.42 Å². The largest absolute Gasteiger partial charge is 0.480 e. The highest BCUT2D eigenvalue weighted by molar-refractivity contribution is 7.89. The fourth-order valence-electron chi connectivity index (χ4n) is 1.10. The number of carboxylic acids is 1. The summed E-state index contributed by atoms with van der Waals surface area (Å²) in [7, 11) is -3.76. The third-order valence-electron chi connectivity index (χ3n) is 1.58. The molecular weight excluding hydrogens is 236 g/mol. The first-order valence-electron chi connectivity index (χ1n) is 4.63. The quantitative estimate of drug-likeness (QED) is 0.592. The Kier molecular flexibility index (Phi) is 5.39. The predicted octanol–water partition coefficient (Wildman–Crippen LogP) is -1.16. The average molecular weight is 252 g/mol. The van der Waals surface area contributed by atoms with Crippen LogP contribution in [0.4, 0.5) is 0 Å². The van der Waals surface area contributed by atoms with Crippen molar-refractivity contribution < 1.29 is 23.1 Å². The zero-order chi connectivity index (χ0) is 12.9. The molecule has 0 atom stereocenters. The van der Waals surface area contributed by atoms with Gasteiger partial charge in [0.15, 0.2) is 0 Å². The number of carbonyl (C=O) groups is 2. The van der Waals surface area contributed by atoms with E-state index >= 15 is 0 Å². The molecule has 0 aromatic carbocycles. The Bertz CT molecular complexity index is 347. The molecule has 0 radical (unpaired) electrons. The Morgan fingerprint density at radius 2 is 1.81 bits per heavy atom. The Labute approximate surface area is 94.3 Å². The van der Waals surface area contributed by atoms with E-state index in [1.807, 2.05) is 0 Å². The van der Waals surface area contributed by atoms with Gasteiger partial charge in [0.2, 0.25) is 15.9 Å². The minimum absolute atomic E-state index is 0.158. The summed E-state index contributed by atoms with van der Waals surface area (Å²) in [6, 6.07) is 0. The molecule has 0 aliphatic carbocycles. The number of aliphatic carboxylic acids is 1. The molecule has 0 aliphatic rings. The third-order valence-corrected chi connectivity index (χ3v) is 3.71. The lowest BCUT2D eigenvalue weighted by Gasteiger charge is -2.19. The minimum Gasteiger partial charge on any atom is -0.480 e. The summed E-state index contributed by atoms with van der Waals surface area (Å²) in [4.78, 5) is 21.1. The summed E-state index contributed by atoms with van der Waals surface area (Å²) >= 11 is 0. The first-order chi connectivity index (χ1) is 7.15. The van der Waals surface area contributed by atoms with E-state index in [1.165, 1.54) is 0 Å². The monoisotopic (exact) mass is 252 g/mol. The topological polar surface area (TPSA) is 118 Å². The summed E-state index contributed by atoms with van der Waals surface area (Å²) < 4.78 is 23.9. The summed E-state index contributed by atoms with van der Waals surface area (Å²) in [5, 5.41) is 8.54. The van der Waals surface area contributed by atoms with Crippen molar-refractivity contribution in [3.8, 4) is 0 Å². The van der Waals surface area contributed by atoms with Crippen molar-refractivity contribution in [3.63, 3.8) is 0 Å². The van der Waals surface area contributed by atoms with Crippen LogP contribution in [-0.4, -0.2) is 48.5 Å². The molecule has 0 aromatic rings. The molecule has 3 N–H and O–H groups in total. The number of hydrogen-bond donors (Lipinski definition) is 2. The van der Waals surface area contributed by atoms with Crippen molar-refractivity contribution in [2.45, 2.75) is 13.8 Å². The van der Waals surface area contributed by atoms with E-state index < -0.39 is 35.0 Å². The lowest BCUT2D eigenvalue weighted by molar-refractivity contribution is -0.137. The first-order valence-corrected chi connectivity index (χ1v) is 6.24. The van der Waals surface area contributed by atoms with Crippen LogP contribution in [0.5, 0.6) is 0 Å². The molecule has 0 aromatic heterocycles. The Morgan fingerprint density at radius 3 is 2.12 bits per heavy atom. The highest BCUT2D eigenvalue weighted by Gasteiger charge is 2.26. The van der Waals surface area contributed by atoms with Gasteiger partial charge in [-0.05, 0) is 5.92 Å². The lowest BCUT2D eigenvalue weighted by Crippen LogP contribution is -2.43. The van der Waals surface area contributed by atoms with Gasteiger partial charge in [0.1, 0.15) is 6.54 Å². The molecular formula is C8H16N2O5S. The van der Waals surface area contributed by atoms with Gasteiger partial charge >= 0.3 is 5.97 Å². The predicted molar refractivity (Wildman–Crippen MR) is 57.0 cm³/mol. The highest BCUT2D eigenvalue weighted by atomic mass is 32.2. The minimum atomic E-state index is -3.76. The number of carboxylic acid groups (broad SMARTS) is 1. The molecule has 7 nitrogen and oxygen atoms in total. The summed E-state index contributed by atoms with van der Waals surface area (Å²) in [5.41, 5.74) is 4.86. The molecule has 0 saturated carbocycles. The molecule has 8 heteroatoms. The van der Waals surface area contributed by atoms with Gasteiger partial charge in [-0.2, -0.15) is 4.31 Å². The second-order valence-electron chi connectivity index (χ2n) is 3.80. The van der Waals surface area contributed by atoms with Crippen molar-refractivity contribution in [1.82, 2.24) is 4.31 Å². The summed E-state index contributed by atoms with van der Waals surface area (Å²) in [6.45, 7) is 2.00. The van der Waals surface area contributed by atoms with Gasteiger partial charge in [-0.15, -0.1) is 0 Å². The summed E-state index contributed by atoms with van der Waals surface area (Å²) in [6.07, 6.45) is 0. The normalized spacial score (nSPS) is 12.0. The van der Waals surface area contributed by atoms with E-state index in [9.17, 15) is 18.0 Å². The number of nitrogens with zero attached hydrogens (tertiary/aromatic N) is 1. The second-order valence-corrected chi connectivity index (χ2v) is 5.81. The van der Waals surface area contributed by atoms with Crippen molar-refractivity contribution in [1.29, 1.82) is 0 Å². The number of amides is 1. The van der Waals surface area contributed by atoms with Gasteiger partial charge in [0.05, 0.1) is 12.3 Å². The maximum absolute atomic E-state index is 11.7. The van der Waals surface area contributed by atoms with Crippen molar-refractivity contribution in [2.24, 2.45) is 11.7 Å². The van der Waals surface area contributed by atoms with Crippen LogP contribution in [-0.2, 0) is 19.6 Å². The molecule has 0 unspecified atom stereocenters. The van der Waals surface area contributed by atoms with E-state index in [0.29, 0.717) is 4.31 Å². The van der Waals surface area contributed by atoms with E-state index in [-0.39, 0.29) is 11.7 Å². The fourth-order valence-corrected chi connectivity index (χ4v) is 2.79. The van der Waals surface area contributed by atoms with E-state index in [1.54, 1.807) is 13.8 Å². The van der Waals surface area contributed by atoms with E-state index in [2.05, 4.69) is 0 Å². The zero-order valence-corrected chi connectivity index (χ0v) is 10.0. The molecule has 0 rings (SSSR count). The van der Waals surface area contributed by atoms with Crippen LogP contribution in [0.3, 0.4) is 0 Å². The van der Waals surface area contributed by atoms with Gasteiger partial charge in [-0.3, -0.25) is 9.59 Å². The Morgan fingerprint density at radius 1 is 1.31 bits per heavy atom. The van der Waals surface area contributed by atoms with E-state index in [0.717, 1.165) is 0 Å². The maximum atomic E-state index is 11.7. The van der Waals surface area contributed by atoms with Gasteiger partial charge in [-0.1, -0.05) is 13.8 Å². The van der Waals surface area contributed by atoms with Crippen molar-refractivity contribution in [2.75, 3.05) is 18.8 Å². The molecule has 0 bridgehead atoms. The Balaban J connectivity index is 4.86. The second kappa shape index (κ2) is 5.80.